The average Bonchev–Trinajstić information content (AvgIpc) is 2.49. The summed E-state index contributed by atoms with van der Waals surface area (Å²) in [5.74, 6) is 0.791. The zero-order chi connectivity index (χ0) is 12.2. The quantitative estimate of drug-likeness (QED) is 0.791. The molecule has 3 nitrogen and oxygen atoms in total. The lowest BCUT2D eigenvalue weighted by molar-refractivity contribution is 0.185. The van der Waals surface area contributed by atoms with E-state index in [4.69, 9.17) is 9.47 Å². The third-order valence-electron chi connectivity index (χ3n) is 2.81. The molecule has 0 saturated heterocycles. The van der Waals surface area contributed by atoms with E-state index in [9.17, 15) is 0 Å². The van der Waals surface area contributed by atoms with Crippen molar-refractivity contribution >= 4 is 5.76 Å². The van der Waals surface area contributed by atoms with Crippen molar-refractivity contribution in [1.82, 2.24) is 4.98 Å². The standard InChI is InChI=1S/C15H13NO2/c1-3-10-17-13(7-1)12-6-5-9-16-15(12)14-8-2-4-11-18-14/h1,3-11,13H,2H2. The fourth-order valence-corrected chi connectivity index (χ4v) is 1.97. The molecule has 1 aromatic rings. The molecule has 0 saturated carbocycles. The molecule has 3 heteroatoms. The molecule has 0 radical (unpaired) electrons. The van der Waals surface area contributed by atoms with Gasteiger partial charge in [0.1, 0.15) is 17.6 Å². The van der Waals surface area contributed by atoms with Gasteiger partial charge in [-0.2, -0.15) is 0 Å². The molecule has 1 atom stereocenters. The second-order valence-corrected chi connectivity index (χ2v) is 4.01. The number of rotatable bonds is 2. The molecule has 0 spiro atoms. The van der Waals surface area contributed by atoms with Crippen LogP contribution in [0.4, 0.5) is 0 Å². The van der Waals surface area contributed by atoms with Gasteiger partial charge in [0.05, 0.1) is 12.5 Å². The first kappa shape index (κ1) is 10.8. The van der Waals surface area contributed by atoms with Crippen LogP contribution in [0.1, 0.15) is 23.8 Å². The Morgan fingerprint density at radius 2 is 2.22 bits per heavy atom. The van der Waals surface area contributed by atoms with Crippen molar-refractivity contribution in [2.24, 2.45) is 0 Å². The fraction of sp³-hybridized carbons (Fsp3) is 0.133. The summed E-state index contributed by atoms with van der Waals surface area (Å²) in [6.07, 6.45) is 15.7. The number of pyridine rings is 1. The Labute approximate surface area is 106 Å². The van der Waals surface area contributed by atoms with Crippen LogP contribution in [0.2, 0.25) is 0 Å². The van der Waals surface area contributed by atoms with Gasteiger partial charge in [-0.1, -0.05) is 12.1 Å². The van der Waals surface area contributed by atoms with Gasteiger partial charge in [0.2, 0.25) is 0 Å². The molecule has 0 fully saturated rings. The molecule has 18 heavy (non-hydrogen) atoms. The topological polar surface area (TPSA) is 31.4 Å². The highest BCUT2D eigenvalue weighted by molar-refractivity contribution is 5.61. The van der Waals surface area contributed by atoms with E-state index in [2.05, 4.69) is 4.98 Å². The molecule has 0 amide bonds. The Bertz CT molecular complexity index is 555. The highest BCUT2D eigenvalue weighted by atomic mass is 16.5. The number of nitrogens with zero attached hydrogens (tertiary/aromatic N) is 1. The van der Waals surface area contributed by atoms with Crippen molar-refractivity contribution < 1.29 is 9.47 Å². The third-order valence-corrected chi connectivity index (χ3v) is 2.81. The van der Waals surface area contributed by atoms with Crippen LogP contribution in [0.5, 0.6) is 0 Å². The van der Waals surface area contributed by atoms with E-state index in [1.807, 2.05) is 42.5 Å². The van der Waals surface area contributed by atoms with Gasteiger partial charge in [-0.3, -0.25) is 4.98 Å². The molecule has 90 valence electrons. The van der Waals surface area contributed by atoms with Gasteiger partial charge >= 0.3 is 0 Å². The van der Waals surface area contributed by atoms with Crippen LogP contribution in [-0.4, -0.2) is 4.98 Å². The van der Waals surface area contributed by atoms with Crippen LogP contribution in [-0.2, 0) is 9.47 Å². The largest absolute Gasteiger partial charge is 0.489 e. The van der Waals surface area contributed by atoms with Crippen LogP contribution < -0.4 is 0 Å². The number of allylic oxidation sites excluding steroid dienone is 4. The van der Waals surface area contributed by atoms with Gasteiger partial charge in [-0.05, 0) is 36.8 Å². The van der Waals surface area contributed by atoms with E-state index in [0.29, 0.717) is 0 Å². The minimum Gasteiger partial charge on any atom is -0.489 e. The maximum Gasteiger partial charge on any atom is 0.148 e. The van der Waals surface area contributed by atoms with E-state index in [0.717, 1.165) is 23.4 Å². The summed E-state index contributed by atoms with van der Waals surface area (Å²) in [5, 5.41) is 0. The monoisotopic (exact) mass is 239 g/mol. The first-order valence-electron chi connectivity index (χ1n) is 5.91. The Kier molecular flexibility index (Phi) is 2.96. The summed E-state index contributed by atoms with van der Waals surface area (Å²) in [6, 6.07) is 3.92. The van der Waals surface area contributed by atoms with Gasteiger partial charge in [-0.15, -0.1) is 0 Å². The molecule has 1 unspecified atom stereocenters. The predicted molar refractivity (Wildman–Crippen MR) is 69.2 cm³/mol. The molecule has 2 aliphatic heterocycles. The lowest BCUT2D eigenvalue weighted by atomic mass is 10.0. The van der Waals surface area contributed by atoms with Gasteiger partial charge in [0.15, 0.2) is 0 Å². The Hall–Kier alpha value is -2.29. The Balaban J connectivity index is 1.97. The molecule has 3 heterocycles. The number of hydrogen-bond donors (Lipinski definition) is 0. The van der Waals surface area contributed by atoms with Gasteiger partial charge < -0.3 is 9.47 Å². The maximum absolute atomic E-state index is 5.59. The highest BCUT2D eigenvalue weighted by Gasteiger charge is 2.18. The summed E-state index contributed by atoms with van der Waals surface area (Å²) < 4.78 is 11.1. The molecule has 0 bridgehead atoms. The number of hydrogen-bond acceptors (Lipinski definition) is 3. The predicted octanol–water partition coefficient (Wildman–Crippen LogP) is 3.50. The van der Waals surface area contributed by atoms with Crippen molar-refractivity contribution in [2.75, 3.05) is 0 Å². The van der Waals surface area contributed by atoms with E-state index in [1.165, 1.54) is 0 Å². The lowest BCUT2D eigenvalue weighted by Gasteiger charge is -2.19. The second kappa shape index (κ2) is 4.92. The molecule has 0 N–H and O–H groups in total. The van der Waals surface area contributed by atoms with E-state index >= 15 is 0 Å². The highest BCUT2D eigenvalue weighted by Crippen LogP contribution is 2.29. The average molecular weight is 239 g/mol. The van der Waals surface area contributed by atoms with Crippen LogP contribution in [0, 0.1) is 0 Å². The summed E-state index contributed by atoms with van der Waals surface area (Å²) in [6.45, 7) is 0. The van der Waals surface area contributed by atoms with E-state index < -0.39 is 0 Å². The van der Waals surface area contributed by atoms with Crippen LogP contribution in [0.15, 0.2) is 61.2 Å². The van der Waals surface area contributed by atoms with Gasteiger partial charge in [0.25, 0.3) is 0 Å². The first-order chi connectivity index (χ1) is 8.95. The van der Waals surface area contributed by atoms with Gasteiger partial charge in [-0.25, -0.2) is 0 Å². The van der Waals surface area contributed by atoms with Crippen molar-refractivity contribution in [3.8, 4) is 0 Å². The summed E-state index contributed by atoms with van der Waals surface area (Å²) in [7, 11) is 0. The fourth-order valence-electron chi connectivity index (χ4n) is 1.97. The lowest BCUT2D eigenvalue weighted by Crippen LogP contribution is -2.06. The molecule has 1 aromatic heterocycles. The SMILES string of the molecule is C1=COC(c2cccnc2C2=CCC=CO2)C=C1. The van der Waals surface area contributed by atoms with Crippen molar-refractivity contribution in [3.05, 3.63) is 72.5 Å². The molecular formula is C15H13NO2. The second-order valence-electron chi connectivity index (χ2n) is 4.01. The summed E-state index contributed by atoms with van der Waals surface area (Å²) >= 11 is 0. The van der Waals surface area contributed by atoms with Crippen molar-refractivity contribution in [3.63, 3.8) is 0 Å². The van der Waals surface area contributed by atoms with E-state index in [1.54, 1.807) is 18.7 Å². The van der Waals surface area contributed by atoms with Crippen molar-refractivity contribution in [1.29, 1.82) is 0 Å². The Morgan fingerprint density at radius 1 is 1.22 bits per heavy atom. The van der Waals surface area contributed by atoms with Crippen LogP contribution in [0.3, 0.4) is 0 Å². The summed E-state index contributed by atoms with van der Waals surface area (Å²) in [5.41, 5.74) is 1.85. The molecule has 2 aliphatic rings. The third kappa shape index (κ3) is 2.07. The molecule has 0 aliphatic carbocycles. The normalized spacial score (nSPS) is 21.1. The molecular weight excluding hydrogens is 226 g/mol. The summed E-state index contributed by atoms with van der Waals surface area (Å²) in [4.78, 5) is 4.41. The molecule has 3 rings (SSSR count). The molecule has 0 aromatic carbocycles. The Morgan fingerprint density at radius 3 is 3.00 bits per heavy atom. The van der Waals surface area contributed by atoms with Crippen LogP contribution in [0.25, 0.3) is 5.76 Å². The zero-order valence-corrected chi connectivity index (χ0v) is 9.82. The zero-order valence-electron chi connectivity index (χ0n) is 9.82. The number of ether oxygens (including phenoxy) is 2. The van der Waals surface area contributed by atoms with Crippen LogP contribution >= 0.6 is 0 Å². The maximum atomic E-state index is 5.59. The smallest absolute Gasteiger partial charge is 0.148 e. The minimum atomic E-state index is -0.103. The van der Waals surface area contributed by atoms with Gasteiger partial charge in [0, 0.05) is 11.8 Å². The van der Waals surface area contributed by atoms with Crippen molar-refractivity contribution in [2.45, 2.75) is 12.5 Å². The number of aromatic nitrogens is 1. The minimum absolute atomic E-state index is 0.103. The van der Waals surface area contributed by atoms with E-state index in [-0.39, 0.29) is 6.10 Å². The first-order valence-corrected chi connectivity index (χ1v) is 5.91.